The number of phosphoric acid groups is 1. The number of hydrogen-bond donors (Lipinski definition) is 3. The van der Waals surface area contributed by atoms with E-state index in [-0.39, 0.29) is 19.4 Å². The van der Waals surface area contributed by atoms with Crippen LogP contribution in [0.2, 0.25) is 0 Å². The van der Waals surface area contributed by atoms with Gasteiger partial charge in [0.15, 0.2) is 6.10 Å². The number of ether oxygens (including phenoxy) is 2. The minimum Gasteiger partial charge on any atom is -0.462 e. The number of hydrogen-bond acceptors (Lipinski definition) is 9. The van der Waals surface area contributed by atoms with Crippen molar-refractivity contribution in [2.45, 2.75) is 225 Å². The quantitative estimate of drug-likeness (QED) is 0.0234. The fourth-order valence-electron chi connectivity index (χ4n) is 6.51. The highest BCUT2D eigenvalue weighted by Gasteiger charge is 2.27. The lowest BCUT2D eigenvalue weighted by Gasteiger charge is -2.20. The third-order valence-electron chi connectivity index (χ3n) is 10.2. The van der Waals surface area contributed by atoms with Crippen LogP contribution in [0.25, 0.3) is 0 Å². The molecule has 0 aromatic heterocycles. The summed E-state index contributed by atoms with van der Waals surface area (Å²) in [6, 6.07) is 0. The summed E-state index contributed by atoms with van der Waals surface area (Å²) in [7, 11) is -4.63. The summed E-state index contributed by atoms with van der Waals surface area (Å²) in [5.41, 5.74) is 0. The van der Waals surface area contributed by atoms with Crippen molar-refractivity contribution in [3.05, 3.63) is 48.6 Å². The Labute approximate surface area is 366 Å². The van der Waals surface area contributed by atoms with E-state index < -0.39 is 51.8 Å². The first-order valence-electron chi connectivity index (χ1n) is 24.1. The van der Waals surface area contributed by atoms with Crippen LogP contribution in [0.15, 0.2) is 48.6 Å². The molecule has 11 heteroatoms. The monoisotopic (exact) mass is 869 g/mol. The van der Waals surface area contributed by atoms with Crippen molar-refractivity contribution in [2.75, 3.05) is 26.4 Å². The summed E-state index contributed by atoms with van der Waals surface area (Å²) in [5.74, 6) is -0.954. The summed E-state index contributed by atoms with van der Waals surface area (Å²) in [6.45, 7) is 2.34. The lowest BCUT2D eigenvalue weighted by atomic mass is 10.0. The van der Waals surface area contributed by atoms with E-state index in [1.165, 1.54) is 116 Å². The highest BCUT2D eigenvalue weighted by molar-refractivity contribution is 7.47. The van der Waals surface area contributed by atoms with Crippen LogP contribution in [0.1, 0.15) is 213 Å². The van der Waals surface area contributed by atoms with E-state index in [0.29, 0.717) is 12.8 Å². The van der Waals surface area contributed by atoms with Gasteiger partial charge in [0.05, 0.1) is 19.8 Å². The van der Waals surface area contributed by atoms with Gasteiger partial charge in [-0.15, -0.1) is 0 Å². The number of unbranched alkanes of at least 4 members (excludes halogenated alkanes) is 23. The van der Waals surface area contributed by atoms with Gasteiger partial charge >= 0.3 is 19.8 Å². The van der Waals surface area contributed by atoms with Gasteiger partial charge in [0.25, 0.3) is 0 Å². The molecule has 0 heterocycles. The topological polar surface area (TPSA) is 149 Å². The van der Waals surface area contributed by atoms with E-state index in [9.17, 15) is 24.2 Å². The average Bonchev–Trinajstić information content (AvgIpc) is 3.24. The number of phosphoric ester groups is 1. The molecule has 3 N–H and O–H groups in total. The van der Waals surface area contributed by atoms with Crippen LogP contribution in [-0.4, -0.2) is 65.7 Å². The zero-order chi connectivity index (χ0) is 44.0. The van der Waals surface area contributed by atoms with Gasteiger partial charge < -0.3 is 24.6 Å². The molecule has 0 aromatic carbocycles. The minimum atomic E-state index is -4.63. The molecule has 0 spiro atoms. The molecule has 0 amide bonds. The van der Waals surface area contributed by atoms with E-state index in [0.717, 1.165) is 57.8 Å². The second-order valence-electron chi connectivity index (χ2n) is 16.1. The van der Waals surface area contributed by atoms with Crippen molar-refractivity contribution in [1.29, 1.82) is 0 Å². The highest BCUT2D eigenvalue weighted by atomic mass is 31.2. The molecule has 0 aliphatic rings. The third-order valence-corrected chi connectivity index (χ3v) is 11.2. The molecule has 0 fully saturated rings. The van der Waals surface area contributed by atoms with E-state index in [1.807, 2.05) is 0 Å². The predicted octanol–water partition coefficient (Wildman–Crippen LogP) is 13.3. The largest absolute Gasteiger partial charge is 0.472 e. The maximum absolute atomic E-state index is 12.6. The molecular weight excluding hydrogens is 780 g/mol. The van der Waals surface area contributed by atoms with Crippen LogP contribution < -0.4 is 0 Å². The summed E-state index contributed by atoms with van der Waals surface area (Å²) in [6.07, 6.45) is 49.3. The Balaban J connectivity index is 4.28. The van der Waals surface area contributed by atoms with Crippen molar-refractivity contribution in [3.63, 3.8) is 0 Å². The Kier molecular flexibility index (Phi) is 43.4. The summed E-state index contributed by atoms with van der Waals surface area (Å²) >= 11 is 0. The normalized spacial score (nSPS) is 14.2. The van der Waals surface area contributed by atoms with Gasteiger partial charge in [0.1, 0.15) is 12.7 Å². The fraction of sp³-hybridized carbons (Fsp3) is 0.796. The van der Waals surface area contributed by atoms with Gasteiger partial charge in [-0.05, 0) is 57.8 Å². The number of carbonyl (C=O) groups is 2. The number of esters is 2. The van der Waals surface area contributed by atoms with Crippen LogP contribution >= 0.6 is 7.82 Å². The number of aliphatic hydroxyl groups is 2. The lowest BCUT2D eigenvalue weighted by molar-refractivity contribution is -0.161. The molecular formula is C49H89O10P. The van der Waals surface area contributed by atoms with Crippen LogP contribution in [0.5, 0.6) is 0 Å². The fourth-order valence-corrected chi connectivity index (χ4v) is 7.30. The molecule has 1 unspecified atom stereocenters. The molecule has 0 bridgehead atoms. The van der Waals surface area contributed by atoms with Crippen molar-refractivity contribution in [3.8, 4) is 0 Å². The van der Waals surface area contributed by atoms with E-state index in [2.05, 4.69) is 62.5 Å². The maximum atomic E-state index is 12.6. The Morgan fingerprint density at radius 3 is 1.33 bits per heavy atom. The van der Waals surface area contributed by atoms with Gasteiger partial charge in [-0.25, -0.2) is 4.57 Å². The summed E-state index contributed by atoms with van der Waals surface area (Å²) in [4.78, 5) is 35.1. The Morgan fingerprint density at radius 1 is 0.500 bits per heavy atom. The van der Waals surface area contributed by atoms with E-state index in [1.54, 1.807) is 0 Å². The number of rotatable bonds is 45. The van der Waals surface area contributed by atoms with Gasteiger partial charge in [0, 0.05) is 12.8 Å². The molecule has 350 valence electrons. The Bertz CT molecular complexity index is 1140. The van der Waals surface area contributed by atoms with E-state index in [4.69, 9.17) is 23.6 Å². The Morgan fingerprint density at radius 2 is 0.867 bits per heavy atom. The van der Waals surface area contributed by atoms with Gasteiger partial charge in [-0.1, -0.05) is 191 Å². The second kappa shape index (κ2) is 45.0. The molecule has 0 aromatic rings. The van der Waals surface area contributed by atoms with Gasteiger partial charge in [-0.2, -0.15) is 0 Å². The smallest absolute Gasteiger partial charge is 0.462 e. The average molecular weight is 869 g/mol. The third kappa shape index (κ3) is 44.0. The van der Waals surface area contributed by atoms with Crippen molar-refractivity contribution < 1.29 is 47.8 Å². The number of allylic oxidation sites excluding steroid dienone is 8. The molecule has 0 aliphatic heterocycles. The number of aliphatic hydroxyl groups excluding tert-OH is 2. The van der Waals surface area contributed by atoms with Crippen LogP contribution in [0, 0.1) is 0 Å². The standard InChI is InChI=1S/C49H89O10P/c1-3-5-7-9-11-13-15-17-19-21-23-25-27-29-31-33-35-37-39-41-49(53)59-47(45-58-60(54,55)57-43-46(51)42-50)44-56-48(52)40-38-36-34-32-30-28-26-24-22-20-18-16-14-12-10-8-6-4-2/h11,13,17,19,23,25,29,31,46-47,50-51H,3-10,12,14-16,18,20-22,24,26-28,30,32-45H2,1-2H3,(H,54,55)/b13-11+,19-17+,25-23+,31-29+/t46-,47+/m0/s1. The first-order chi connectivity index (χ1) is 29.2. The first kappa shape index (κ1) is 57.9. The molecule has 0 saturated heterocycles. The zero-order valence-corrected chi connectivity index (χ0v) is 39.1. The molecule has 0 aliphatic carbocycles. The molecule has 10 nitrogen and oxygen atoms in total. The molecule has 60 heavy (non-hydrogen) atoms. The zero-order valence-electron chi connectivity index (χ0n) is 38.2. The molecule has 0 radical (unpaired) electrons. The second-order valence-corrected chi connectivity index (χ2v) is 17.6. The summed E-state index contributed by atoms with van der Waals surface area (Å²) < 4.78 is 32.8. The molecule has 3 atom stereocenters. The minimum absolute atomic E-state index is 0.147. The molecule has 0 rings (SSSR count). The van der Waals surface area contributed by atoms with Crippen molar-refractivity contribution in [1.82, 2.24) is 0 Å². The maximum Gasteiger partial charge on any atom is 0.472 e. The lowest BCUT2D eigenvalue weighted by Crippen LogP contribution is -2.29. The molecule has 0 saturated carbocycles. The Hall–Kier alpha value is -2.07. The SMILES string of the molecule is CCCCC/C=C/C/C=C/C/C=C/C/C=C/CCCCCC(=O)O[C@H](COC(=O)CCCCCCCCCCCCCCCCCCCC)COP(=O)(O)OC[C@@H](O)CO. The first-order valence-corrected chi connectivity index (χ1v) is 25.6. The van der Waals surface area contributed by atoms with Crippen LogP contribution in [0.4, 0.5) is 0 Å². The van der Waals surface area contributed by atoms with Gasteiger partial charge in [-0.3, -0.25) is 18.6 Å². The van der Waals surface area contributed by atoms with Crippen molar-refractivity contribution >= 4 is 19.8 Å². The highest BCUT2D eigenvalue weighted by Crippen LogP contribution is 2.43. The number of carbonyl (C=O) groups excluding carboxylic acids is 2. The predicted molar refractivity (Wildman–Crippen MR) is 247 cm³/mol. The van der Waals surface area contributed by atoms with Crippen molar-refractivity contribution in [2.24, 2.45) is 0 Å². The van der Waals surface area contributed by atoms with E-state index >= 15 is 0 Å². The van der Waals surface area contributed by atoms with Gasteiger partial charge in [0.2, 0.25) is 0 Å². The van der Waals surface area contributed by atoms with Crippen LogP contribution in [0.3, 0.4) is 0 Å². The van der Waals surface area contributed by atoms with Crippen LogP contribution in [-0.2, 0) is 32.7 Å². The summed E-state index contributed by atoms with van der Waals surface area (Å²) in [5, 5.41) is 18.4.